The highest BCUT2D eigenvalue weighted by Crippen LogP contribution is 2.33. The molecule has 2 fully saturated rings. The zero-order chi connectivity index (χ0) is 22.0. The Morgan fingerprint density at radius 1 is 1.19 bits per heavy atom. The molecule has 0 bridgehead atoms. The van der Waals surface area contributed by atoms with Crippen molar-refractivity contribution in [2.24, 2.45) is 4.99 Å². The highest BCUT2D eigenvalue weighted by Gasteiger charge is 2.25. The van der Waals surface area contributed by atoms with E-state index in [2.05, 4.69) is 15.2 Å². The van der Waals surface area contributed by atoms with Crippen molar-refractivity contribution in [3.05, 3.63) is 68.1 Å². The van der Waals surface area contributed by atoms with E-state index in [0.29, 0.717) is 41.9 Å². The second-order valence-corrected chi connectivity index (χ2v) is 8.40. The summed E-state index contributed by atoms with van der Waals surface area (Å²) in [5, 5.41) is 14.6. The van der Waals surface area contributed by atoms with Crippen molar-refractivity contribution in [3.63, 3.8) is 0 Å². The summed E-state index contributed by atoms with van der Waals surface area (Å²) in [4.78, 5) is 30.6. The first kappa shape index (κ1) is 21.1. The zero-order valence-electron chi connectivity index (χ0n) is 17.3. The minimum atomic E-state index is -0.431. The summed E-state index contributed by atoms with van der Waals surface area (Å²) < 4.78 is 5.41. The monoisotopic (exact) mass is 438 g/mol. The number of aliphatic imine (C=N–C) groups is 1. The predicted octanol–water partition coefficient (Wildman–Crippen LogP) is 3.94. The van der Waals surface area contributed by atoms with E-state index < -0.39 is 4.92 Å². The Morgan fingerprint density at radius 2 is 1.97 bits per heavy atom. The van der Waals surface area contributed by atoms with Crippen LogP contribution in [0.4, 0.5) is 17.1 Å². The van der Waals surface area contributed by atoms with Crippen LogP contribution in [-0.2, 0) is 9.53 Å². The number of thioether (sulfide) groups is 1. The minimum Gasteiger partial charge on any atom is -0.378 e. The third kappa shape index (κ3) is 4.78. The number of amides is 1. The molecule has 2 aromatic rings. The Balaban J connectivity index is 1.67. The maximum absolute atomic E-state index is 12.6. The predicted molar refractivity (Wildman–Crippen MR) is 123 cm³/mol. The fourth-order valence-corrected chi connectivity index (χ4v) is 4.35. The maximum atomic E-state index is 12.6. The number of carbonyl (C=O) groups is 1. The van der Waals surface area contributed by atoms with Crippen LogP contribution in [0.2, 0.25) is 0 Å². The molecule has 0 aromatic heterocycles. The number of anilines is 1. The number of rotatable bonds is 4. The fourth-order valence-electron chi connectivity index (χ4n) is 3.53. The number of carbonyl (C=O) groups excluding carboxylic acids is 1. The number of aryl methyl sites for hydroxylation is 2. The first-order valence-corrected chi connectivity index (χ1v) is 10.7. The molecule has 0 aliphatic carbocycles. The first-order valence-electron chi connectivity index (χ1n) is 9.89. The van der Waals surface area contributed by atoms with E-state index in [1.54, 1.807) is 12.1 Å². The molecular formula is C22H22N4O4S. The summed E-state index contributed by atoms with van der Waals surface area (Å²) in [5.74, 6) is -0.270. The number of non-ortho nitro benzene ring substituents is 1. The van der Waals surface area contributed by atoms with Gasteiger partial charge in [0.25, 0.3) is 11.6 Å². The van der Waals surface area contributed by atoms with Gasteiger partial charge in [0.2, 0.25) is 0 Å². The molecule has 0 unspecified atom stereocenters. The number of hydrogen-bond acceptors (Lipinski definition) is 7. The van der Waals surface area contributed by atoms with Gasteiger partial charge in [0, 0.05) is 36.5 Å². The highest BCUT2D eigenvalue weighted by molar-refractivity contribution is 8.18. The van der Waals surface area contributed by atoms with Gasteiger partial charge in [-0.05, 0) is 49.4 Å². The Kier molecular flexibility index (Phi) is 6.06. The normalized spacial score (nSPS) is 19.2. The summed E-state index contributed by atoms with van der Waals surface area (Å²) in [7, 11) is 0. The highest BCUT2D eigenvalue weighted by atomic mass is 32.2. The van der Waals surface area contributed by atoms with E-state index >= 15 is 0 Å². The lowest BCUT2D eigenvalue weighted by atomic mass is 10.1. The van der Waals surface area contributed by atoms with Crippen molar-refractivity contribution < 1.29 is 14.5 Å². The van der Waals surface area contributed by atoms with Crippen molar-refractivity contribution >= 4 is 46.0 Å². The van der Waals surface area contributed by atoms with Crippen LogP contribution in [-0.4, -0.2) is 42.3 Å². The SMILES string of the molecule is Cc1ccc(N=C2NC(=O)/C(=C/c3cc([N+](=O)[O-])ccc3N3CCOCC3)S2)c(C)c1. The number of ether oxygens (including phenoxy) is 1. The number of hydrogen-bond donors (Lipinski definition) is 1. The van der Waals surface area contributed by atoms with Crippen molar-refractivity contribution in [1.29, 1.82) is 0 Å². The quantitative estimate of drug-likeness (QED) is 0.441. The molecule has 31 heavy (non-hydrogen) atoms. The average Bonchev–Trinajstić information content (AvgIpc) is 3.09. The number of nitrogens with zero attached hydrogens (tertiary/aromatic N) is 3. The number of morpholine rings is 1. The molecule has 1 N–H and O–H groups in total. The van der Waals surface area contributed by atoms with E-state index in [1.165, 1.54) is 23.9 Å². The van der Waals surface area contributed by atoms with Crippen molar-refractivity contribution in [1.82, 2.24) is 5.32 Å². The topological polar surface area (TPSA) is 97.1 Å². The van der Waals surface area contributed by atoms with E-state index in [-0.39, 0.29) is 11.6 Å². The van der Waals surface area contributed by atoms with Gasteiger partial charge in [0.05, 0.1) is 28.7 Å². The second-order valence-electron chi connectivity index (χ2n) is 7.37. The number of amidine groups is 1. The van der Waals surface area contributed by atoms with E-state index in [4.69, 9.17) is 4.74 Å². The third-order valence-corrected chi connectivity index (χ3v) is 6.00. The lowest BCUT2D eigenvalue weighted by Gasteiger charge is -2.30. The van der Waals surface area contributed by atoms with Gasteiger partial charge in [-0.2, -0.15) is 0 Å². The molecule has 0 spiro atoms. The van der Waals surface area contributed by atoms with Crippen LogP contribution >= 0.6 is 11.8 Å². The van der Waals surface area contributed by atoms with E-state index in [9.17, 15) is 14.9 Å². The Bertz CT molecular complexity index is 1110. The van der Waals surface area contributed by atoms with Crippen LogP contribution in [0.15, 0.2) is 46.3 Å². The van der Waals surface area contributed by atoms with Crippen LogP contribution in [0.5, 0.6) is 0 Å². The lowest BCUT2D eigenvalue weighted by Crippen LogP contribution is -2.36. The van der Waals surface area contributed by atoms with Crippen LogP contribution in [0.1, 0.15) is 16.7 Å². The smallest absolute Gasteiger partial charge is 0.270 e. The summed E-state index contributed by atoms with van der Waals surface area (Å²) in [6.07, 6.45) is 1.70. The molecule has 160 valence electrons. The maximum Gasteiger partial charge on any atom is 0.270 e. The summed E-state index contributed by atoms with van der Waals surface area (Å²) in [6.45, 7) is 6.55. The molecule has 2 saturated heterocycles. The summed E-state index contributed by atoms with van der Waals surface area (Å²) in [5.41, 5.74) is 4.41. The average molecular weight is 439 g/mol. The molecule has 2 heterocycles. The number of nitro benzene ring substituents is 1. The molecule has 1 amide bonds. The summed E-state index contributed by atoms with van der Waals surface area (Å²) >= 11 is 1.23. The number of nitrogens with one attached hydrogen (secondary N) is 1. The molecule has 2 aliphatic rings. The molecule has 8 nitrogen and oxygen atoms in total. The van der Waals surface area contributed by atoms with Gasteiger partial charge >= 0.3 is 0 Å². The number of nitro groups is 1. The van der Waals surface area contributed by atoms with Crippen LogP contribution in [0.25, 0.3) is 6.08 Å². The van der Waals surface area contributed by atoms with Crippen molar-refractivity contribution in [2.45, 2.75) is 13.8 Å². The second kappa shape index (κ2) is 8.91. The van der Waals surface area contributed by atoms with Gasteiger partial charge in [-0.15, -0.1) is 0 Å². The molecular weight excluding hydrogens is 416 g/mol. The zero-order valence-corrected chi connectivity index (χ0v) is 18.1. The van der Waals surface area contributed by atoms with Crippen LogP contribution in [0, 0.1) is 24.0 Å². The molecule has 0 radical (unpaired) electrons. The van der Waals surface area contributed by atoms with Gasteiger partial charge < -0.3 is 15.0 Å². The molecule has 4 rings (SSSR count). The molecule has 0 atom stereocenters. The first-order chi connectivity index (χ1) is 14.9. The van der Waals surface area contributed by atoms with Crippen molar-refractivity contribution in [3.8, 4) is 0 Å². The van der Waals surface area contributed by atoms with Gasteiger partial charge in [0.1, 0.15) is 0 Å². The third-order valence-electron chi connectivity index (χ3n) is 5.09. The molecule has 0 saturated carbocycles. The van der Waals surface area contributed by atoms with Crippen LogP contribution < -0.4 is 10.2 Å². The Labute approximate surface area is 184 Å². The van der Waals surface area contributed by atoms with E-state index in [0.717, 1.165) is 22.5 Å². The van der Waals surface area contributed by atoms with Crippen molar-refractivity contribution in [2.75, 3.05) is 31.2 Å². The lowest BCUT2D eigenvalue weighted by molar-refractivity contribution is -0.384. The minimum absolute atomic E-state index is 0.0172. The Hall–Kier alpha value is -3.17. The van der Waals surface area contributed by atoms with Gasteiger partial charge in [0.15, 0.2) is 5.17 Å². The molecule has 9 heteroatoms. The van der Waals surface area contributed by atoms with E-state index in [1.807, 2.05) is 32.0 Å². The molecule has 2 aromatic carbocycles. The Morgan fingerprint density at radius 3 is 2.68 bits per heavy atom. The largest absolute Gasteiger partial charge is 0.378 e. The summed E-state index contributed by atoms with van der Waals surface area (Å²) in [6, 6.07) is 10.7. The van der Waals surface area contributed by atoms with Gasteiger partial charge in [-0.3, -0.25) is 14.9 Å². The molecule has 2 aliphatic heterocycles. The fraction of sp³-hybridized carbons (Fsp3) is 0.273. The van der Waals surface area contributed by atoms with Crippen LogP contribution in [0.3, 0.4) is 0 Å². The standard InChI is InChI=1S/C22H22N4O4S/c1-14-3-5-18(15(2)11-14)23-22-24-21(27)20(31-22)13-16-12-17(26(28)29)4-6-19(16)25-7-9-30-10-8-25/h3-6,11-13H,7-10H2,1-2H3,(H,23,24,27)/b20-13-. The number of benzene rings is 2. The van der Waals surface area contributed by atoms with Gasteiger partial charge in [-0.1, -0.05) is 17.7 Å². The van der Waals surface area contributed by atoms with Gasteiger partial charge in [-0.25, -0.2) is 4.99 Å².